The number of nitrogens with one attached hydrogen (secondary N) is 1. The first-order valence-electron chi connectivity index (χ1n) is 9.05. The molecule has 1 fully saturated rings. The van der Waals surface area contributed by atoms with Gasteiger partial charge in [0.1, 0.15) is 5.75 Å². The first kappa shape index (κ1) is 19.1. The van der Waals surface area contributed by atoms with Gasteiger partial charge < -0.3 is 15.8 Å². The zero-order valence-electron chi connectivity index (χ0n) is 15.3. The Labute approximate surface area is 175 Å². The summed E-state index contributed by atoms with van der Waals surface area (Å²) in [5, 5.41) is 11.2. The quantitative estimate of drug-likeness (QED) is 0.568. The van der Waals surface area contributed by atoms with Gasteiger partial charge in [-0.05, 0) is 61.4 Å². The number of benzene rings is 2. The molecule has 8 nitrogen and oxygen atoms in total. The molecule has 0 radical (unpaired) electrons. The van der Waals surface area contributed by atoms with Gasteiger partial charge in [-0.25, -0.2) is 4.68 Å². The van der Waals surface area contributed by atoms with Crippen molar-refractivity contribution in [3.05, 3.63) is 64.4 Å². The van der Waals surface area contributed by atoms with Crippen LogP contribution in [0.3, 0.4) is 0 Å². The van der Waals surface area contributed by atoms with Crippen molar-refractivity contribution in [3.8, 4) is 11.4 Å². The normalized spacial score (nSPS) is 13.1. The smallest absolute Gasteiger partial charge is 0.278 e. The molecule has 0 saturated heterocycles. The maximum Gasteiger partial charge on any atom is 0.278 e. The van der Waals surface area contributed by atoms with Gasteiger partial charge in [-0.2, -0.15) is 0 Å². The number of primary amides is 1. The molecule has 1 aliphatic rings. The number of nitrogens with two attached hydrogens (primary N) is 1. The lowest BCUT2D eigenvalue weighted by Crippen LogP contribution is -2.20. The van der Waals surface area contributed by atoms with E-state index in [0.29, 0.717) is 17.1 Å². The van der Waals surface area contributed by atoms with Crippen LogP contribution in [0.2, 0.25) is 0 Å². The van der Waals surface area contributed by atoms with E-state index in [2.05, 4.69) is 31.6 Å². The maximum atomic E-state index is 12.8. The van der Waals surface area contributed by atoms with Crippen molar-refractivity contribution in [1.82, 2.24) is 15.0 Å². The van der Waals surface area contributed by atoms with E-state index < -0.39 is 5.91 Å². The molecule has 2 aromatic carbocycles. The number of amides is 2. The van der Waals surface area contributed by atoms with Crippen LogP contribution in [-0.2, 0) is 4.79 Å². The number of nitrogens with zero attached hydrogens (tertiary/aromatic N) is 3. The summed E-state index contributed by atoms with van der Waals surface area (Å²) >= 11 is 3.42. The van der Waals surface area contributed by atoms with Gasteiger partial charge in [-0.3, -0.25) is 9.59 Å². The fourth-order valence-corrected chi connectivity index (χ4v) is 3.19. The van der Waals surface area contributed by atoms with E-state index in [4.69, 9.17) is 10.5 Å². The van der Waals surface area contributed by atoms with Crippen LogP contribution < -0.4 is 15.8 Å². The standard InChI is InChI=1S/C20H18BrN5O3/c21-13-3-7-15(8-4-13)26-19(12-1-2-12)18(24-25-26)20(28)23-14-5-9-16(10-6-14)29-11-17(22)27/h3-10,12H,1-2,11H2,(H2,22,27)(H,23,28). The molecule has 1 aromatic heterocycles. The lowest BCUT2D eigenvalue weighted by molar-refractivity contribution is -0.119. The first-order chi connectivity index (χ1) is 14.0. The molecule has 0 spiro atoms. The molecular weight excluding hydrogens is 438 g/mol. The van der Waals surface area contributed by atoms with Crippen molar-refractivity contribution < 1.29 is 14.3 Å². The third-order valence-electron chi connectivity index (χ3n) is 4.45. The molecule has 1 saturated carbocycles. The van der Waals surface area contributed by atoms with E-state index in [1.807, 2.05) is 24.3 Å². The number of carbonyl (C=O) groups is 2. The number of ether oxygens (including phenoxy) is 1. The van der Waals surface area contributed by atoms with Crippen LogP contribution in [0.1, 0.15) is 34.9 Å². The van der Waals surface area contributed by atoms with Crippen LogP contribution in [0.25, 0.3) is 5.69 Å². The molecule has 29 heavy (non-hydrogen) atoms. The third kappa shape index (κ3) is 4.45. The fraction of sp³-hybridized carbons (Fsp3) is 0.200. The van der Waals surface area contributed by atoms with Crippen molar-refractivity contribution in [2.75, 3.05) is 11.9 Å². The molecule has 0 aliphatic heterocycles. The highest BCUT2D eigenvalue weighted by Gasteiger charge is 2.34. The monoisotopic (exact) mass is 455 g/mol. The van der Waals surface area contributed by atoms with E-state index in [1.165, 1.54) is 0 Å². The van der Waals surface area contributed by atoms with Gasteiger partial charge in [0.2, 0.25) is 0 Å². The number of halogens is 1. The molecule has 2 amide bonds. The minimum absolute atomic E-state index is 0.199. The van der Waals surface area contributed by atoms with E-state index >= 15 is 0 Å². The molecule has 0 bridgehead atoms. The molecule has 148 valence electrons. The van der Waals surface area contributed by atoms with Gasteiger partial charge >= 0.3 is 0 Å². The van der Waals surface area contributed by atoms with Gasteiger partial charge in [0, 0.05) is 16.1 Å². The molecule has 0 unspecified atom stereocenters. The molecule has 3 N–H and O–H groups in total. The Morgan fingerprint density at radius 2 is 1.83 bits per heavy atom. The minimum atomic E-state index is -0.552. The Morgan fingerprint density at radius 3 is 2.45 bits per heavy atom. The summed E-state index contributed by atoms with van der Waals surface area (Å²) in [6.07, 6.45) is 2.02. The predicted molar refractivity (Wildman–Crippen MR) is 110 cm³/mol. The topological polar surface area (TPSA) is 112 Å². The zero-order chi connectivity index (χ0) is 20.4. The largest absolute Gasteiger partial charge is 0.484 e. The fourth-order valence-electron chi connectivity index (χ4n) is 2.93. The average molecular weight is 456 g/mol. The lowest BCUT2D eigenvalue weighted by atomic mass is 10.2. The molecule has 4 rings (SSSR count). The summed E-state index contributed by atoms with van der Waals surface area (Å²) < 4.78 is 7.92. The average Bonchev–Trinajstić information content (AvgIpc) is 3.46. The van der Waals surface area contributed by atoms with Crippen LogP contribution in [0.5, 0.6) is 5.75 Å². The molecule has 1 heterocycles. The van der Waals surface area contributed by atoms with E-state index in [9.17, 15) is 9.59 Å². The van der Waals surface area contributed by atoms with Crippen molar-refractivity contribution in [2.24, 2.45) is 5.73 Å². The summed E-state index contributed by atoms with van der Waals surface area (Å²) in [5.74, 6) is -0.106. The van der Waals surface area contributed by atoms with Crippen LogP contribution >= 0.6 is 15.9 Å². The number of anilines is 1. The summed E-state index contributed by atoms with van der Waals surface area (Å²) in [5.41, 5.74) is 7.65. The predicted octanol–water partition coefficient (Wildman–Crippen LogP) is 3.02. The van der Waals surface area contributed by atoms with Gasteiger partial charge in [-0.15, -0.1) is 5.10 Å². The Kier molecular flexibility index (Phi) is 5.30. The van der Waals surface area contributed by atoms with Gasteiger partial charge in [0.25, 0.3) is 11.8 Å². The summed E-state index contributed by atoms with van der Waals surface area (Å²) in [4.78, 5) is 23.6. The van der Waals surface area contributed by atoms with Gasteiger partial charge in [0.05, 0.1) is 11.4 Å². The van der Waals surface area contributed by atoms with E-state index in [1.54, 1.807) is 28.9 Å². The Hall–Kier alpha value is -3.20. The highest BCUT2D eigenvalue weighted by atomic mass is 79.9. The second-order valence-electron chi connectivity index (χ2n) is 6.72. The number of hydrogen-bond donors (Lipinski definition) is 2. The third-order valence-corrected chi connectivity index (χ3v) is 4.98. The molecule has 3 aromatic rings. The van der Waals surface area contributed by atoms with E-state index in [-0.39, 0.29) is 18.4 Å². The summed E-state index contributed by atoms with van der Waals surface area (Å²) in [7, 11) is 0. The van der Waals surface area contributed by atoms with Crippen molar-refractivity contribution in [1.29, 1.82) is 0 Å². The zero-order valence-corrected chi connectivity index (χ0v) is 16.9. The van der Waals surface area contributed by atoms with Crippen molar-refractivity contribution in [2.45, 2.75) is 18.8 Å². The Balaban J connectivity index is 1.53. The lowest BCUT2D eigenvalue weighted by Gasteiger charge is -2.09. The summed E-state index contributed by atoms with van der Waals surface area (Å²) in [6, 6.07) is 14.4. The van der Waals surface area contributed by atoms with Crippen molar-refractivity contribution in [3.63, 3.8) is 0 Å². The van der Waals surface area contributed by atoms with Gasteiger partial charge in [0.15, 0.2) is 12.3 Å². The van der Waals surface area contributed by atoms with Crippen LogP contribution in [0.4, 0.5) is 5.69 Å². The number of hydrogen-bond acceptors (Lipinski definition) is 5. The maximum absolute atomic E-state index is 12.8. The number of rotatable bonds is 7. The molecular formula is C20H18BrN5O3. The minimum Gasteiger partial charge on any atom is -0.484 e. The number of carbonyl (C=O) groups excluding carboxylic acids is 2. The Bertz CT molecular complexity index is 1040. The highest BCUT2D eigenvalue weighted by molar-refractivity contribution is 9.10. The summed E-state index contributed by atoms with van der Waals surface area (Å²) in [6.45, 7) is -0.199. The second-order valence-corrected chi connectivity index (χ2v) is 7.63. The second kappa shape index (κ2) is 8.04. The SMILES string of the molecule is NC(=O)COc1ccc(NC(=O)c2nnn(-c3ccc(Br)cc3)c2C2CC2)cc1. The first-order valence-corrected chi connectivity index (χ1v) is 9.84. The van der Waals surface area contributed by atoms with Crippen LogP contribution in [0, 0.1) is 0 Å². The highest BCUT2D eigenvalue weighted by Crippen LogP contribution is 2.42. The van der Waals surface area contributed by atoms with Crippen LogP contribution in [-0.4, -0.2) is 33.4 Å². The Morgan fingerprint density at radius 1 is 1.14 bits per heavy atom. The molecule has 0 atom stereocenters. The molecule has 9 heteroatoms. The number of aromatic nitrogens is 3. The molecule has 1 aliphatic carbocycles. The van der Waals surface area contributed by atoms with Crippen LogP contribution in [0.15, 0.2) is 53.0 Å². The van der Waals surface area contributed by atoms with E-state index in [0.717, 1.165) is 28.7 Å². The van der Waals surface area contributed by atoms with Crippen molar-refractivity contribution >= 4 is 33.4 Å². The van der Waals surface area contributed by atoms with Gasteiger partial charge in [-0.1, -0.05) is 21.1 Å².